The van der Waals surface area contributed by atoms with Crippen molar-refractivity contribution in [1.29, 1.82) is 0 Å². The van der Waals surface area contributed by atoms with E-state index in [0.717, 1.165) is 24.3 Å². The summed E-state index contributed by atoms with van der Waals surface area (Å²) in [6.07, 6.45) is 0. The van der Waals surface area contributed by atoms with Crippen LogP contribution in [-0.4, -0.2) is 16.8 Å². The van der Waals surface area contributed by atoms with Crippen molar-refractivity contribution in [2.45, 2.75) is 0 Å². The van der Waals surface area contributed by atoms with Crippen molar-refractivity contribution in [2.75, 3.05) is 10.6 Å². The minimum atomic E-state index is -0.916. The highest BCUT2D eigenvalue weighted by Gasteiger charge is 2.16. The number of rotatable bonds is 4. The van der Waals surface area contributed by atoms with E-state index in [-0.39, 0.29) is 31.7 Å². The van der Waals surface area contributed by atoms with Gasteiger partial charge in [0.15, 0.2) is 0 Å². The van der Waals surface area contributed by atoms with Gasteiger partial charge in [-0.1, -0.05) is 6.07 Å². The Morgan fingerprint density at radius 1 is 0.700 bits per heavy atom. The Morgan fingerprint density at radius 2 is 1.03 bits per heavy atom. The van der Waals surface area contributed by atoms with Crippen LogP contribution in [0, 0.1) is 23.3 Å². The summed E-state index contributed by atoms with van der Waals surface area (Å²) < 4.78 is 53.6. The van der Waals surface area contributed by atoms with Gasteiger partial charge >= 0.3 is 0 Å². The van der Waals surface area contributed by atoms with Gasteiger partial charge in [0.2, 0.25) is 0 Å². The van der Waals surface area contributed by atoms with Crippen LogP contribution in [0.3, 0.4) is 0 Å². The number of nitrogens with one attached hydrogen (secondary N) is 2. The number of hydrogen-bond donors (Lipinski definition) is 2. The first-order valence-corrected chi connectivity index (χ1v) is 9.63. The lowest BCUT2D eigenvalue weighted by atomic mass is 10.2. The highest BCUT2D eigenvalue weighted by Crippen LogP contribution is 2.25. The van der Waals surface area contributed by atoms with Crippen LogP contribution in [0.2, 0.25) is 0 Å². The number of benzene rings is 2. The zero-order chi connectivity index (χ0) is 22.0. The van der Waals surface area contributed by atoms with Gasteiger partial charge in [-0.15, -0.1) is 0 Å². The van der Waals surface area contributed by atoms with Gasteiger partial charge in [0.1, 0.15) is 34.7 Å². The third kappa shape index (κ3) is 4.85. The second kappa shape index (κ2) is 8.92. The Labute approximate surface area is 183 Å². The number of carbonyl (C=O) groups is 2. The van der Waals surface area contributed by atoms with Gasteiger partial charge < -0.3 is 10.6 Å². The Hall–Kier alpha value is -2.79. The summed E-state index contributed by atoms with van der Waals surface area (Å²) >= 11 is 5.44. The monoisotopic (exact) mass is 545 g/mol. The maximum Gasteiger partial charge on any atom is 0.274 e. The molecule has 5 nitrogen and oxygen atoms in total. The molecule has 0 radical (unpaired) electrons. The minimum Gasteiger partial charge on any atom is -0.320 e. The molecule has 2 N–H and O–H groups in total. The number of aromatic nitrogens is 1. The van der Waals surface area contributed by atoms with E-state index in [9.17, 15) is 27.2 Å². The maximum absolute atomic E-state index is 13.6. The molecule has 0 aliphatic rings. The molecule has 0 spiro atoms. The lowest BCUT2D eigenvalue weighted by molar-refractivity contribution is 0.101. The molecule has 0 aliphatic heterocycles. The van der Waals surface area contributed by atoms with Crippen LogP contribution in [-0.2, 0) is 0 Å². The summed E-state index contributed by atoms with van der Waals surface area (Å²) in [7, 11) is 0. The molecule has 3 rings (SSSR count). The third-order valence-electron chi connectivity index (χ3n) is 3.70. The predicted octanol–water partition coefficient (Wildman–Crippen LogP) is 5.67. The number of pyridine rings is 1. The Bertz CT molecular complexity index is 1040. The van der Waals surface area contributed by atoms with Gasteiger partial charge in [-0.3, -0.25) is 9.59 Å². The smallest absolute Gasteiger partial charge is 0.274 e. The predicted molar refractivity (Wildman–Crippen MR) is 108 cm³/mol. The summed E-state index contributed by atoms with van der Waals surface area (Å²) in [5, 5.41) is 4.53. The highest BCUT2D eigenvalue weighted by molar-refractivity contribution is 9.10. The van der Waals surface area contributed by atoms with Crippen molar-refractivity contribution >= 4 is 55.0 Å². The van der Waals surface area contributed by atoms with E-state index in [1.165, 1.54) is 18.2 Å². The first-order valence-electron chi connectivity index (χ1n) is 8.04. The van der Waals surface area contributed by atoms with Crippen molar-refractivity contribution in [3.8, 4) is 0 Å². The Kier molecular flexibility index (Phi) is 6.52. The molecule has 0 fully saturated rings. The van der Waals surface area contributed by atoms with E-state index in [2.05, 4.69) is 47.5 Å². The fourth-order valence-electron chi connectivity index (χ4n) is 2.33. The van der Waals surface area contributed by atoms with E-state index < -0.39 is 35.1 Å². The lowest BCUT2D eigenvalue weighted by Gasteiger charge is -2.09. The standard InChI is InChI=1S/C19H9Br2F4N3O2/c20-16-10(22)4-8(5-11(16)23)26-18(29)14-2-1-3-15(28-14)19(30)27-9-6-12(24)17(21)13(25)7-9/h1-7H,(H,26,29)(H,27,30). The van der Waals surface area contributed by atoms with Crippen LogP contribution < -0.4 is 10.6 Å². The van der Waals surface area contributed by atoms with Crippen LogP contribution in [0.5, 0.6) is 0 Å². The molecule has 0 saturated heterocycles. The lowest BCUT2D eigenvalue weighted by Crippen LogP contribution is -2.18. The van der Waals surface area contributed by atoms with Crippen LogP contribution in [0.25, 0.3) is 0 Å². The first kappa shape index (κ1) is 21.9. The summed E-state index contributed by atoms with van der Waals surface area (Å²) in [6.45, 7) is 0. The van der Waals surface area contributed by atoms with Crippen LogP contribution in [0.15, 0.2) is 51.4 Å². The van der Waals surface area contributed by atoms with E-state index in [0.29, 0.717) is 0 Å². The molecule has 0 aliphatic carbocycles. The Balaban J connectivity index is 1.78. The molecule has 1 aromatic heterocycles. The molecule has 3 aromatic rings. The molecule has 0 atom stereocenters. The van der Waals surface area contributed by atoms with E-state index in [1.807, 2.05) is 0 Å². The number of amides is 2. The van der Waals surface area contributed by atoms with E-state index in [4.69, 9.17) is 0 Å². The molecule has 0 saturated carbocycles. The molecule has 2 amide bonds. The normalized spacial score (nSPS) is 10.6. The molecular weight excluding hydrogens is 538 g/mol. The molecular formula is C19H9Br2F4N3O2. The summed E-state index contributed by atoms with van der Waals surface area (Å²) in [5.74, 6) is -5.32. The van der Waals surface area contributed by atoms with E-state index >= 15 is 0 Å². The molecule has 0 unspecified atom stereocenters. The topological polar surface area (TPSA) is 71.1 Å². The van der Waals surface area contributed by atoms with Crippen molar-refractivity contribution in [3.05, 3.63) is 86.1 Å². The average Bonchev–Trinajstić information content (AvgIpc) is 2.70. The fourth-order valence-corrected chi connectivity index (χ4v) is 2.79. The SMILES string of the molecule is O=C(Nc1cc(F)c(Br)c(F)c1)c1cccc(C(=O)Nc2cc(F)c(Br)c(F)c2)n1. The Morgan fingerprint density at radius 3 is 1.37 bits per heavy atom. The number of hydrogen-bond acceptors (Lipinski definition) is 3. The molecule has 154 valence electrons. The second-order valence-electron chi connectivity index (χ2n) is 5.82. The molecule has 30 heavy (non-hydrogen) atoms. The van der Waals surface area contributed by atoms with Crippen LogP contribution in [0.1, 0.15) is 21.0 Å². The number of nitrogens with zero attached hydrogens (tertiary/aromatic N) is 1. The second-order valence-corrected chi connectivity index (χ2v) is 7.41. The number of halogens is 6. The van der Waals surface area contributed by atoms with Gasteiger partial charge in [-0.05, 0) is 68.3 Å². The quantitative estimate of drug-likeness (QED) is 0.327. The highest BCUT2D eigenvalue weighted by atomic mass is 79.9. The van der Waals surface area contributed by atoms with Gasteiger partial charge in [0.25, 0.3) is 11.8 Å². The molecule has 2 aromatic carbocycles. The summed E-state index contributed by atoms with van der Waals surface area (Å²) in [6, 6.07) is 7.50. The van der Waals surface area contributed by atoms with Gasteiger partial charge in [0.05, 0.1) is 8.95 Å². The van der Waals surface area contributed by atoms with Gasteiger partial charge in [0, 0.05) is 11.4 Å². The molecule has 0 bridgehead atoms. The zero-order valence-corrected chi connectivity index (χ0v) is 17.7. The summed E-state index contributed by atoms with van der Waals surface area (Å²) in [4.78, 5) is 28.5. The van der Waals surface area contributed by atoms with Crippen molar-refractivity contribution < 1.29 is 27.2 Å². The fraction of sp³-hybridized carbons (Fsp3) is 0. The van der Waals surface area contributed by atoms with Crippen LogP contribution >= 0.6 is 31.9 Å². The van der Waals surface area contributed by atoms with Crippen molar-refractivity contribution in [2.24, 2.45) is 0 Å². The van der Waals surface area contributed by atoms with Gasteiger partial charge in [-0.2, -0.15) is 0 Å². The summed E-state index contributed by atoms with van der Waals surface area (Å²) in [5.41, 5.74) is -0.759. The largest absolute Gasteiger partial charge is 0.320 e. The zero-order valence-electron chi connectivity index (χ0n) is 14.6. The van der Waals surface area contributed by atoms with Crippen molar-refractivity contribution in [1.82, 2.24) is 4.98 Å². The minimum absolute atomic E-state index is 0.157. The third-order valence-corrected chi connectivity index (χ3v) is 5.21. The molecule has 1 heterocycles. The number of anilines is 2. The van der Waals surface area contributed by atoms with Crippen LogP contribution in [0.4, 0.5) is 28.9 Å². The number of carbonyl (C=O) groups excluding carboxylic acids is 2. The maximum atomic E-state index is 13.6. The molecule has 11 heteroatoms. The average molecular weight is 547 g/mol. The van der Waals surface area contributed by atoms with Gasteiger partial charge in [-0.25, -0.2) is 22.5 Å². The van der Waals surface area contributed by atoms with Crippen molar-refractivity contribution in [3.63, 3.8) is 0 Å². The van der Waals surface area contributed by atoms with E-state index in [1.54, 1.807) is 0 Å². The first-order chi connectivity index (χ1) is 14.2.